The fraction of sp³-hybridized carbons (Fsp3) is 0.455. The summed E-state index contributed by atoms with van der Waals surface area (Å²) in [4.78, 5) is 0. The van der Waals surface area contributed by atoms with E-state index in [4.69, 9.17) is 11.6 Å². The van der Waals surface area contributed by atoms with E-state index in [1.54, 1.807) is 0 Å². The molecular formula is C11H13BrClN. The molecule has 1 aromatic rings. The zero-order valence-corrected chi connectivity index (χ0v) is 10.6. The second-order valence-electron chi connectivity index (χ2n) is 4.48. The minimum atomic E-state index is 0.354. The number of halogens is 2. The molecule has 0 aliphatic carbocycles. The zero-order valence-electron chi connectivity index (χ0n) is 8.27. The van der Waals surface area contributed by atoms with Crippen LogP contribution in [0.4, 0.5) is 0 Å². The first-order valence-corrected chi connectivity index (χ1v) is 5.86. The predicted molar refractivity (Wildman–Crippen MR) is 63.7 cm³/mol. The van der Waals surface area contributed by atoms with Gasteiger partial charge in [0.15, 0.2) is 0 Å². The lowest BCUT2D eigenvalue weighted by molar-refractivity contribution is 0.128. The molecular weight excluding hydrogens is 261 g/mol. The van der Waals surface area contributed by atoms with Crippen LogP contribution in [-0.4, -0.2) is 6.54 Å². The summed E-state index contributed by atoms with van der Waals surface area (Å²) in [6.07, 6.45) is 0. The van der Waals surface area contributed by atoms with Gasteiger partial charge in [0.2, 0.25) is 0 Å². The third-order valence-corrected chi connectivity index (χ3v) is 4.03. The van der Waals surface area contributed by atoms with E-state index < -0.39 is 0 Å². The molecule has 1 aromatic carbocycles. The van der Waals surface area contributed by atoms with Crippen LogP contribution < -0.4 is 5.32 Å². The van der Waals surface area contributed by atoms with Gasteiger partial charge in [0.25, 0.3) is 0 Å². The molecule has 2 rings (SSSR count). The second-order valence-corrected chi connectivity index (χ2v) is 5.74. The lowest BCUT2D eigenvalue weighted by Crippen LogP contribution is -2.52. The number of benzene rings is 1. The summed E-state index contributed by atoms with van der Waals surface area (Å²) in [6, 6.07) is 6.58. The maximum atomic E-state index is 5.95. The van der Waals surface area contributed by atoms with Crippen LogP contribution in [0.5, 0.6) is 0 Å². The van der Waals surface area contributed by atoms with E-state index in [9.17, 15) is 0 Å². The van der Waals surface area contributed by atoms with Crippen molar-refractivity contribution in [3.63, 3.8) is 0 Å². The molecule has 0 spiro atoms. The summed E-state index contributed by atoms with van der Waals surface area (Å²) >= 11 is 9.40. The molecule has 1 N–H and O–H groups in total. The van der Waals surface area contributed by atoms with Crippen LogP contribution in [0.3, 0.4) is 0 Å². The Morgan fingerprint density at radius 3 is 2.64 bits per heavy atom. The Hall–Kier alpha value is -0.0500. The van der Waals surface area contributed by atoms with Gasteiger partial charge in [-0.25, -0.2) is 0 Å². The first kappa shape index (κ1) is 10.5. The van der Waals surface area contributed by atoms with Gasteiger partial charge in [-0.15, -0.1) is 0 Å². The molecule has 0 bridgehead atoms. The van der Waals surface area contributed by atoms with Gasteiger partial charge in [-0.1, -0.05) is 31.5 Å². The lowest BCUT2D eigenvalue weighted by atomic mass is 9.74. The highest BCUT2D eigenvalue weighted by atomic mass is 79.9. The first-order valence-electron chi connectivity index (χ1n) is 4.69. The molecule has 14 heavy (non-hydrogen) atoms. The van der Waals surface area contributed by atoms with Crippen molar-refractivity contribution in [2.75, 3.05) is 6.54 Å². The van der Waals surface area contributed by atoms with Gasteiger partial charge in [0.1, 0.15) is 0 Å². The van der Waals surface area contributed by atoms with Gasteiger partial charge >= 0.3 is 0 Å². The number of rotatable bonds is 1. The largest absolute Gasteiger partial charge is 0.309 e. The third kappa shape index (κ3) is 1.71. The Balaban J connectivity index is 2.30. The molecule has 1 aliphatic rings. The van der Waals surface area contributed by atoms with Gasteiger partial charge < -0.3 is 5.32 Å². The molecule has 76 valence electrons. The van der Waals surface area contributed by atoms with Gasteiger partial charge in [-0.3, -0.25) is 0 Å². The summed E-state index contributed by atoms with van der Waals surface area (Å²) in [7, 11) is 0. The smallest absolute Gasteiger partial charge is 0.0548 e. The van der Waals surface area contributed by atoms with Crippen LogP contribution in [0, 0.1) is 5.41 Å². The van der Waals surface area contributed by atoms with Crippen molar-refractivity contribution in [3.05, 3.63) is 33.3 Å². The summed E-state index contributed by atoms with van der Waals surface area (Å²) in [5, 5.41) is 4.20. The highest BCUT2D eigenvalue weighted by Gasteiger charge is 2.38. The van der Waals surface area contributed by atoms with Gasteiger partial charge in [-0.05, 0) is 39.0 Å². The molecule has 0 radical (unpaired) electrons. The Morgan fingerprint density at radius 1 is 1.50 bits per heavy atom. The number of hydrogen-bond donors (Lipinski definition) is 1. The third-order valence-electron chi connectivity index (χ3n) is 2.82. The van der Waals surface area contributed by atoms with Crippen molar-refractivity contribution in [1.29, 1.82) is 0 Å². The Morgan fingerprint density at radius 2 is 2.21 bits per heavy atom. The van der Waals surface area contributed by atoms with Crippen LogP contribution in [0.2, 0.25) is 5.02 Å². The molecule has 0 amide bonds. The van der Waals surface area contributed by atoms with Crippen LogP contribution in [0.25, 0.3) is 0 Å². The molecule has 3 heteroatoms. The monoisotopic (exact) mass is 273 g/mol. The summed E-state index contributed by atoms with van der Waals surface area (Å²) < 4.78 is 0.973. The first-order chi connectivity index (χ1) is 6.50. The molecule has 1 heterocycles. The maximum absolute atomic E-state index is 5.95. The fourth-order valence-corrected chi connectivity index (χ4v) is 2.39. The second kappa shape index (κ2) is 3.51. The van der Waals surface area contributed by atoms with Crippen molar-refractivity contribution < 1.29 is 0 Å². The molecule has 1 fully saturated rings. The van der Waals surface area contributed by atoms with Crippen LogP contribution in [0.1, 0.15) is 25.5 Å². The van der Waals surface area contributed by atoms with E-state index in [1.807, 2.05) is 6.07 Å². The average molecular weight is 275 g/mol. The van der Waals surface area contributed by atoms with E-state index >= 15 is 0 Å². The average Bonchev–Trinajstić information content (AvgIpc) is 2.10. The van der Waals surface area contributed by atoms with Crippen molar-refractivity contribution >= 4 is 27.5 Å². The summed E-state index contributed by atoms with van der Waals surface area (Å²) in [5.74, 6) is 0. The predicted octanol–water partition coefficient (Wildman–Crippen LogP) is 3.77. The molecule has 1 atom stereocenters. The van der Waals surface area contributed by atoms with E-state index in [1.165, 1.54) is 5.56 Å². The van der Waals surface area contributed by atoms with E-state index in [2.05, 4.69) is 47.2 Å². The summed E-state index contributed by atoms with van der Waals surface area (Å²) in [6.45, 7) is 5.63. The number of nitrogens with one attached hydrogen (secondary N) is 1. The van der Waals surface area contributed by atoms with Crippen LogP contribution in [-0.2, 0) is 0 Å². The lowest BCUT2D eigenvalue weighted by Gasteiger charge is -2.46. The molecule has 0 saturated carbocycles. The van der Waals surface area contributed by atoms with E-state index in [0.717, 1.165) is 16.0 Å². The molecule has 1 unspecified atom stereocenters. The number of hydrogen-bond acceptors (Lipinski definition) is 1. The molecule has 1 saturated heterocycles. The fourth-order valence-electron chi connectivity index (χ4n) is 1.87. The Labute approximate surface area is 98.0 Å². The summed E-state index contributed by atoms with van der Waals surface area (Å²) in [5.41, 5.74) is 1.66. The minimum absolute atomic E-state index is 0.354. The molecule has 1 nitrogen and oxygen atoms in total. The topological polar surface area (TPSA) is 12.0 Å². The molecule has 0 aromatic heterocycles. The van der Waals surface area contributed by atoms with Crippen LogP contribution in [0.15, 0.2) is 22.7 Å². The van der Waals surface area contributed by atoms with Gasteiger partial charge in [-0.2, -0.15) is 0 Å². The quantitative estimate of drug-likeness (QED) is 0.822. The Bertz CT molecular complexity index is 362. The minimum Gasteiger partial charge on any atom is -0.309 e. The SMILES string of the molecule is CC1(C)CNC1c1ccc(Cl)c(Br)c1. The normalized spacial score (nSPS) is 24.4. The van der Waals surface area contributed by atoms with E-state index in [-0.39, 0.29) is 0 Å². The zero-order chi connectivity index (χ0) is 10.3. The highest BCUT2D eigenvalue weighted by molar-refractivity contribution is 9.10. The molecule has 1 aliphatic heterocycles. The van der Waals surface area contributed by atoms with Crippen molar-refractivity contribution in [2.24, 2.45) is 5.41 Å². The van der Waals surface area contributed by atoms with Crippen molar-refractivity contribution in [3.8, 4) is 0 Å². The van der Waals surface area contributed by atoms with Gasteiger partial charge in [0, 0.05) is 17.1 Å². The van der Waals surface area contributed by atoms with Crippen molar-refractivity contribution in [1.82, 2.24) is 5.32 Å². The van der Waals surface area contributed by atoms with Crippen LogP contribution >= 0.6 is 27.5 Å². The van der Waals surface area contributed by atoms with E-state index in [0.29, 0.717) is 11.5 Å². The van der Waals surface area contributed by atoms with Gasteiger partial charge in [0.05, 0.1) is 5.02 Å². The maximum Gasteiger partial charge on any atom is 0.0548 e. The Kier molecular flexibility index (Phi) is 2.63. The highest BCUT2D eigenvalue weighted by Crippen LogP contribution is 2.41. The van der Waals surface area contributed by atoms with Crippen molar-refractivity contribution in [2.45, 2.75) is 19.9 Å². The standard InChI is InChI=1S/C11H13BrClN/c1-11(2)6-14-10(11)7-3-4-9(13)8(12)5-7/h3-5,10,14H,6H2,1-2H3.